The minimum absolute atomic E-state index is 0.544. The molecule has 0 spiro atoms. The highest BCUT2D eigenvalue weighted by atomic mass is 28.1. The summed E-state index contributed by atoms with van der Waals surface area (Å²) in [6, 6.07) is 1.39. The highest BCUT2D eigenvalue weighted by Gasteiger charge is 2.12. The molecule has 0 fully saturated rings. The van der Waals surface area contributed by atoms with Gasteiger partial charge in [-0.2, -0.15) is 0 Å². The minimum Gasteiger partial charge on any atom is -0.316 e. The van der Waals surface area contributed by atoms with Crippen LogP contribution in [0.4, 0.5) is 0 Å². The highest BCUT2D eigenvalue weighted by molar-refractivity contribution is 6.08. The van der Waals surface area contributed by atoms with E-state index in [-0.39, 0.29) is 0 Å². The van der Waals surface area contributed by atoms with E-state index in [9.17, 15) is 0 Å². The summed E-state index contributed by atoms with van der Waals surface area (Å²) in [6.07, 6.45) is 0. The summed E-state index contributed by atoms with van der Waals surface area (Å²) in [5.74, 6) is 0. The fourth-order valence-corrected chi connectivity index (χ4v) is 0.838. The normalized spacial score (nSPS) is 12.3. The molecule has 0 rings (SSSR count). The summed E-state index contributed by atoms with van der Waals surface area (Å²) in [6.45, 7) is 9.08. The number of nitrogens with one attached hydrogen (secondary N) is 1. The average Bonchev–Trinajstić information content (AvgIpc) is 1.84. The van der Waals surface area contributed by atoms with Crippen LogP contribution in [0.25, 0.3) is 0 Å². The van der Waals surface area contributed by atoms with Gasteiger partial charge >= 0.3 is 0 Å². The Morgan fingerprint density at radius 2 is 2.00 bits per heavy atom. The van der Waals surface area contributed by atoms with Gasteiger partial charge in [0.05, 0.1) is 0 Å². The smallest absolute Gasteiger partial charge is 0.00353 e. The second-order valence-electron chi connectivity index (χ2n) is 3.30. The van der Waals surface area contributed by atoms with Gasteiger partial charge in [0, 0.05) is 10.2 Å². The molecule has 0 amide bonds. The SMILES string of the molecule is CCNCC(C)(C)C[SiH3]. The predicted octanol–water partition coefficient (Wildman–Crippen LogP) is 0.406. The Morgan fingerprint density at radius 1 is 1.44 bits per heavy atom. The first-order valence-corrected chi connectivity index (χ1v) is 5.24. The van der Waals surface area contributed by atoms with Crippen molar-refractivity contribution in [2.75, 3.05) is 13.1 Å². The molecule has 0 aliphatic heterocycles. The summed E-state index contributed by atoms with van der Waals surface area (Å²) >= 11 is 0. The summed E-state index contributed by atoms with van der Waals surface area (Å²) in [7, 11) is 1.32. The van der Waals surface area contributed by atoms with Crippen molar-refractivity contribution >= 4 is 10.2 Å². The lowest BCUT2D eigenvalue weighted by molar-refractivity contribution is 0.385. The molecular weight excluding hydrogens is 126 g/mol. The third kappa shape index (κ3) is 4.67. The van der Waals surface area contributed by atoms with Crippen LogP contribution >= 0.6 is 0 Å². The monoisotopic (exact) mass is 145 g/mol. The quantitative estimate of drug-likeness (QED) is 0.565. The third-order valence-corrected chi connectivity index (χ3v) is 3.72. The van der Waals surface area contributed by atoms with Gasteiger partial charge in [0.25, 0.3) is 0 Å². The first-order chi connectivity index (χ1) is 4.12. The van der Waals surface area contributed by atoms with Crippen molar-refractivity contribution in [3.63, 3.8) is 0 Å². The van der Waals surface area contributed by atoms with E-state index in [1.165, 1.54) is 22.8 Å². The van der Waals surface area contributed by atoms with Crippen LogP contribution in [0.15, 0.2) is 0 Å². The molecule has 0 atom stereocenters. The maximum Gasteiger partial charge on any atom is 0.00353 e. The van der Waals surface area contributed by atoms with Crippen molar-refractivity contribution in [2.45, 2.75) is 26.8 Å². The molecule has 1 N–H and O–H groups in total. The molecule has 0 aromatic carbocycles. The lowest BCUT2D eigenvalue weighted by Gasteiger charge is -2.22. The van der Waals surface area contributed by atoms with Gasteiger partial charge in [0.15, 0.2) is 0 Å². The molecule has 0 unspecified atom stereocenters. The Morgan fingerprint density at radius 3 is 2.33 bits per heavy atom. The fourth-order valence-electron chi connectivity index (χ4n) is 0.588. The molecule has 0 aromatic heterocycles. The lowest BCUT2D eigenvalue weighted by Crippen LogP contribution is -2.28. The zero-order chi connectivity index (χ0) is 7.33. The zero-order valence-corrected chi connectivity index (χ0v) is 9.12. The van der Waals surface area contributed by atoms with Crippen molar-refractivity contribution in [1.82, 2.24) is 5.32 Å². The van der Waals surface area contributed by atoms with E-state index in [0.717, 1.165) is 6.54 Å². The van der Waals surface area contributed by atoms with E-state index >= 15 is 0 Å². The summed E-state index contributed by atoms with van der Waals surface area (Å²) < 4.78 is 0. The van der Waals surface area contributed by atoms with Crippen molar-refractivity contribution < 1.29 is 0 Å². The maximum absolute atomic E-state index is 3.36. The molecule has 0 radical (unpaired) electrons. The average molecular weight is 145 g/mol. The Hall–Kier alpha value is 0.177. The summed E-state index contributed by atoms with van der Waals surface area (Å²) in [5, 5.41) is 3.36. The van der Waals surface area contributed by atoms with Gasteiger partial charge in [-0.15, -0.1) is 0 Å². The van der Waals surface area contributed by atoms with Gasteiger partial charge in [0.2, 0.25) is 0 Å². The van der Waals surface area contributed by atoms with Crippen LogP contribution in [0, 0.1) is 5.41 Å². The summed E-state index contributed by atoms with van der Waals surface area (Å²) in [5.41, 5.74) is 0.544. The van der Waals surface area contributed by atoms with Crippen LogP contribution in [0.3, 0.4) is 0 Å². The Bertz CT molecular complexity index is 71.3. The Labute approximate surface area is 61.6 Å². The predicted molar refractivity (Wildman–Crippen MR) is 47.1 cm³/mol. The van der Waals surface area contributed by atoms with Gasteiger partial charge in [-0.3, -0.25) is 0 Å². The van der Waals surface area contributed by atoms with Crippen LogP contribution < -0.4 is 5.32 Å². The second-order valence-corrected chi connectivity index (χ2v) is 4.01. The van der Waals surface area contributed by atoms with Gasteiger partial charge in [-0.05, 0) is 18.5 Å². The molecule has 9 heavy (non-hydrogen) atoms. The standard InChI is InChI=1S/C7H19NSi/c1-4-8-5-7(2,3)6-9/h8H,4-6H2,1-3,9H3. The van der Waals surface area contributed by atoms with Gasteiger partial charge in [-0.1, -0.05) is 26.8 Å². The number of rotatable bonds is 4. The zero-order valence-electron chi connectivity index (χ0n) is 7.12. The number of hydrogen-bond donors (Lipinski definition) is 1. The van der Waals surface area contributed by atoms with Gasteiger partial charge < -0.3 is 5.32 Å². The molecule has 0 aliphatic carbocycles. The van der Waals surface area contributed by atoms with Crippen LogP contribution in [-0.2, 0) is 0 Å². The Kier molecular flexibility index (Phi) is 4.15. The highest BCUT2D eigenvalue weighted by Crippen LogP contribution is 2.16. The van der Waals surface area contributed by atoms with Crippen LogP contribution in [0.1, 0.15) is 20.8 Å². The van der Waals surface area contributed by atoms with E-state index in [0.29, 0.717) is 5.41 Å². The van der Waals surface area contributed by atoms with E-state index in [2.05, 4.69) is 26.1 Å². The third-order valence-electron chi connectivity index (χ3n) is 1.81. The first-order valence-electron chi connectivity index (χ1n) is 3.83. The number of hydrogen-bond acceptors (Lipinski definition) is 1. The van der Waals surface area contributed by atoms with Crippen molar-refractivity contribution in [2.24, 2.45) is 5.41 Å². The molecular formula is C7H19NSi. The van der Waals surface area contributed by atoms with Gasteiger partial charge in [0.1, 0.15) is 0 Å². The molecule has 0 aromatic rings. The van der Waals surface area contributed by atoms with E-state index in [1.54, 1.807) is 0 Å². The summed E-state index contributed by atoms with van der Waals surface area (Å²) in [4.78, 5) is 0. The van der Waals surface area contributed by atoms with Crippen LogP contribution in [-0.4, -0.2) is 23.3 Å². The molecule has 0 aliphatic rings. The van der Waals surface area contributed by atoms with Gasteiger partial charge in [-0.25, -0.2) is 0 Å². The Balaban J connectivity index is 3.33. The molecule has 56 valence electrons. The van der Waals surface area contributed by atoms with Crippen molar-refractivity contribution in [3.8, 4) is 0 Å². The van der Waals surface area contributed by atoms with Crippen molar-refractivity contribution in [3.05, 3.63) is 0 Å². The maximum atomic E-state index is 3.36. The largest absolute Gasteiger partial charge is 0.316 e. The minimum atomic E-state index is 0.544. The fraction of sp³-hybridized carbons (Fsp3) is 1.00. The van der Waals surface area contributed by atoms with E-state index < -0.39 is 0 Å². The molecule has 0 saturated carbocycles. The second kappa shape index (κ2) is 4.07. The molecule has 0 saturated heterocycles. The van der Waals surface area contributed by atoms with Crippen LogP contribution in [0.2, 0.25) is 6.04 Å². The first kappa shape index (κ1) is 9.18. The topological polar surface area (TPSA) is 12.0 Å². The molecule has 2 heteroatoms. The molecule has 0 heterocycles. The van der Waals surface area contributed by atoms with Crippen molar-refractivity contribution in [1.29, 1.82) is 0 Å². The van der Waals surface area contributed by atoms with Crippen LogP contribution in [0.5, 0.6) is 0 Å². The molecule has 1 nitrogen and oxygen atoms in total. The van der Waals surface area contributed by atoms with E-state index in [4.69, 9.17) is 0 Å². The molecule has 0 bridgehead atoms. The van der Waals surface area contributed by atoms with E-state index in [1.807, 2.05) is 0 Å². The lowest BCUT2D eigenvalue weighted by atomic mass is 9.96.